The van der Waals surface area contributed by atoms with E-state index in [0.717, 1.165) is 5.75 Å². The number of rotatable bonds is 2. The predicted octanol–water partition coefficient (Wildman–Crippen LogP) is 5.13. The highest BCUT2D eigenvalue weighted by Gasteiger charge is 1.81. The van der Waals surface area contributed by atoms with Crippen LogP contribution in [0.15, 0.2) is 65.6 Å². The molecule has 0 saturated carbocycles. The quantitative estimate of drug-likeness (QED) is 0.694. The summed E-state index contributed by atoms with van der Waals surface area (Å²) < 4.78 is 4.91. The van der Waals surface area contributed by atoms with Crippen LogP contribution >= 0.6 is 11.8 Å². The van der Waals surface area contributed by atoms with Crippen molar-refractivity contribution in [2.24, 2.45) is 0 Å². The fourth-order valence-corrected chi connectivity index (χ4v) is 1.54. The van der Waals surface area contributed by atoms with E-state index in [4.69, 9.17) is 4.74 Å². The molecule has 0 aliphatic carbocycles. The summed E-state index contributed by atoms with van der Waals surface area (Å²) in [6.45, 7) is 4.00. The average molecular weight is 262 g/mol. The van der Waals surface area contributed by atoms with E-state index in [1.165, 1.54) is 4.90 Å². The van der Waals surface area contributed by atoms with E-state index in [-0.39, 0.29) is 0 Å². The summed E-state index contributed by atoms with van der Waals surface area (Å²) in [5.41, 5.74) is 0. The molecule has 0 radical (unpaired) electrons. The van der Waals surface area contributed by atoms with Crippen LogP contribution in [0.5, 0.6) is 5.75 Å². The van der Waals surface area contributed by atoms with E-state index in [0.29, 0.717) is 0 Å². The van der Waals surface area contributed by atoms with E-state index in [9.17, 15) is 0 Å². The van der Waals surface area contributed by atoms with Gasteiger partial charge in [-0.25, -0.2) is 0 Å². The number of ether oxygens (including phenoxy) is 1. The van der Waals surface area contributed by atoms with Crippen LogP contribution in [-0.2, 0) is 0 Å². The van der Waals surface area contributed by atoms with E-state index in [1.807, 2.05) is 62.4 Å². The van der Waals surface area contributed by atoms with Crippen molar-refractivity contribution in [1.82, 2.24) is 0 Å². The van der Waals surface area contributed by atoms with Crippen LogP contribution in [0.2, 0.25) is 0 Å². The molecule has 18 heavy (non-hydrogen) atoms. The van der Waals surface area contributed by atoms with Crippen LogP contribution in [0.25, 0.3) is 0 Å². The highest BCUT2D eigenvalue weighted by molar-refractivity contribution is 7.98. The molecule has 98 valence electrons. The molecule has 1 nitrogen and oxygen atoms in total. The third-order valence-corrected chi connectivity index (χ3v) is 2.70. The normalized spacial score (nSPS) is 8.22. The molecular weight excluding hydrogens is 240 g/mol. The lowest BCUT2D eigenvalue weighted by molar-refractivity contribution is 0.415. The summed E-state index contributed by atoms with van der Waals surface area (Å²) in [5.74, 6) is 0.910. The number of methoxy groups -OCH3 is 1. The zero-order valence-electron chi connectivity index (χ0n) is 11.6. The van der Waals surface area contributed by atoms with Crippen molar-refractivity contribution in [2.75, 3.05) is 13.4 Å². The van der Waals surface area contributed by atoms with Gasteiger partial charge >= 0.3 is 0 Å². The fraction of sp³-hybridized carbons (Fsp3) is 0.250. The lowest BCUT2D eigenvalue weighted by Crippen LogP contribution is -1.78. The van der Waals surface area contributed by atoms with Gasteiger partial charge in [0.15, 0.2) is 0 Å². The van der Waals surface area contributed by atoms with Crippen molar-refractivity contribution in [3.05, 3.63) is 60.7 Å². The summed E-state index contributed by atoms with van der Waals surface area (Å²) in [7, 11) is 1.66. The third-order valence-electron chi connectivity index (χ3n) is 1.96. The second-order valence-electron chi connectivity index (χ2n) is 3.03. The standard InChI is InChI=1S/C7H8O.C7H8S.C2H6/c2*1-8-7-5-3-2-4-6-7;1-2/h2*2-6H,1H3;1-2H3. The highest BCUT2D eigenvalue weighted by atomic mass is 32.2. The highest BCUT2D eigenvalue weighted by Crippen LogP contribution is 2.11. The molecule has 0 amide bonds. The van der Waals surface area contributed by atoms with Crippen LogP contribution in [0.3, 0.4) is 0 Å². The van der Waals surface area contributed by atoms with Gasteiger partial charge in [-0.2, -0.15) is 0 Å². The summed E-state index contributed by atoms with van der Waals surface area (Å²) in [5, 5.41) is 0. The Bertz CT molecular complexity index is 333. The van der Waals surface area contributed by atoms with Gasteiger partial charge in [0.2, 0.25) is 0 Å². The van der Waals surface area contributed by atoms with E-state index in [1.54, 1.807) is 18.9 Å². The molecule has 0 unspecified atom stereocenters. The average Bonchev–Trinajstić information content (AvgIpc) is 2.51. The second kappa shape index (κ2) is 12.1. The summed E-state index contributed by atoms with van der Waals surface area (Å²) in [4.78, 5) is 1.33. The first-order valence-corrected chi connectivity index (χ1v) is 7.27. The van der Waals surface area contributed by atoms with Crippen molar-refractivity contribution in [2.45, 2.75) is 18.7 Å². The van der Waals surface area contributed by atoms with Crippen molar-refractivity contribution < 1.29 is 4.74 Å². The van der Waals surface area contributed by atoms with Crippen LogP contribution in [0.4, 0.5) is 0 Å². The third kappa shape index (κ3) is 7.80. The van der Waals surface area contributed by atoms with Gasteiger partial charge in [0.05, 0.1) is 7.11 Å². The Morgan fingerprint density at radius 1 is 0.778 bits per heavy atom. The van der Waals surface area contributed by atoms with Gasteiger partial charge in [0.1, 0.15) is 5.75 Å². The summed E-state index contributed by atoms with van der Waals surface area (Å²) >= 11 is 1.77. The van der Waals surface area contributed by atoms with E-state index in [2.05, 4.69) is 18.4 Å². The molecule has 0 atom stereocenters. The molecule has 0 aliphatic rings. The molecule has 2 rings (SSSR count). The van der Waals surface area contributed by atoms with Gasteiger partial charge in [-0.1, -0.05) is 50.2 Å². The summed E-state index contributed by atoms with van der Waals surface area (Å²) in [6.07, 6.45) is 2.08. The van der Waals surface area contributed by atoms with Gasteiger partial charge in [-0.3, -0.25) is 0 Å². The molecule has 0 spiro atoms. The Labute approximate surface area is 115 Å². The van der Waals surface area contributed by atoms with Crippen molar-refractivity contribution >= 4 is 11.8 Å². The number of para-hydroxylation sites is 1. The molecule has 2 aromatic rings. The van der Waals surface area contributed by atoms with Crippen LogP contribution in [0, 0.1) is 0 Å². The smallest absolute Gasteiger partial charge is 0.118 e. The Kier molecular flexibility index (Phi) is 11.1. The van der Waals surface area contributed by atoms with E-state index >= 15 is 0 Å². The topological polar surface area (TPSA) is 9.23 Å². The molecule has 0 aliphatic heterocycles. The maximum Gasteiger partial charge on any atom is 0.118 e. The Hall–Kier alpha value is -1.41. The van der Waals surface area contributed by atoms with Gasteiger partial charge in [-0.15, -0.1) is 11.8 Å². The summed E-state index contributed by atoms with van der Waals surface area (Å²) in [6, 6.07) is 20.0. The van der Waals surface area contributed by atoms with Gasteiger partial charge < -0.3 is 4.74 Å². The molecule has 0 bridgehead atoms. The van der Waals surface area contributed by atoms with Crippen molar-refractivity contribution in [3.8, 4) is 5.75 Å². The molecule has 0 aromatic heterocycles. The van der Waals surface area contributed by atoms with Crippen LogP contribution < -0.4 is 4.74 Å². The monoisotopic (exact) mass is 262 g/mol. The molecule has 0 saturated heterocycles. The maximum atomic E-state index is 4.91. The number of hydrogen-bond donors (Lipinski definition) is 0. The minimum atomic E-state index is 0.910. The first-order valence-electron chi connectivity index (χ1n) is 6.05. The lowest BCUT2D eigenvalue weighted by Gasteiger charge is -1.93. The van der Waals surface area contributed by atoms with Gasteiger partial charge in [0, 0.05) is 4.90 Å². The van der Waals surface area contributed by atoms with Crippen LogP contribution in [0.1, 0.15) is 13.8 Å². The zero-order valence-corrected chi connectivity index (χ0v) is 12.4. The minimum Gasteiger partial charge on any atom is -0.497 e. The van der Waals surface area contributed by atoms with Gasteiger partial charge in [-0.05, 0) is 30.5 Å². The van der Waals surface area contributed by atoms with Crippen molar-refractivity contribution in [1.29, 1.82) is 0 Å². The number of benzene rings is 2. The SMILES string of the molecule is CC.COc1ccccc1.CSc1ccccc1. The lowest BCUT2D eigenvalue weighted by atomic mass is 10.3. The molecule has 2 aromatic carbocycles. The molecule has 0 heterocycles. The number of hydrogen-bond acceptors (Lipinski definition) is 2. The zero-order chi connectivity index (χ0) is 13.6. The van der Waals surface area contributed by atoms with E-state index < -0.39 is 0 Å². The maximum absolute atomic E-state index is 4.91. The Morgan fingerprint density at radius 3 is 1.50 bits per heavy atom. The first kappa shape index (κ1) is 16.6. The fourth-order valence-electron chi connectivity index (χ4n) is 1.11. The Morgan fingerprint density at radius 2 is 1.22 bits per heavy atom. The largest absolute Gasteiger partial charge is 0.497 e. The minimum absolute atomic E-state index is 0.910. The van der Waals surface area contributed by atoms with Crippen LogP contribution in [-0.4, -0.2) is 13.4 Å². The molecule has 0 fully saturated rings. The van der Waals surface area contributed by atoms with Gasteiger partial charge in [0.25, 0.3) is 0 Å². The molecule has 2 heteroatoms. The Balaban J connectivity index is 0.000000283. The second-order valence-corrected chi connectivity index (χ2v) is 3.91. The first-order chi connectivity index (χ1) is 8.86. The molecular formula is C16H22OS. The predicted molar refractivity (Wildman–Crippen MR) is 82.6 cm³/mol. The number of thioether (sulfide) groups is 1. The van der Waals surface area contributed by atoms with Crippen molar-refractivity contribution in [3.63, 3.8) is 0 Å². The molecule has 0 N–H and O–H groups in total.